The summed E-state index contributed by atoms with van der Waals surface area (Å²) in [7, 11) is 3.24. The first-order valence-corrected chi connectivity index (χ1v) is 9.82. The van der Waals surface area contributed by atoms with E-state index < -0.39 is 6.10 Å². The van der Waals surface area contributed by atoms with Crippen molar-refractivity contribution in [1.29, 1.82) is 0 Å². The summed E-state index contributed by atoms with van der Waals surface area (Å²) in [5.41, 5.74) is 2.03. The fraction of sp³-hybridized carbons (Fsp3) is 0.391. The molecule has 1 heterocycles. The van der Waals surface area contributed by atoms with Crippen LogP contribution in [0, 0.1) is 0 Å². The second-order valence-electron chi connectivity index (χ2n) is 6.99. The predicted octanol–water partition coefficient (Wildman–Crippen LogP) is 3.00. The van der Waals surface area contributed by atoms with Crippen molar-refractivity contribution < 1.29 is 28.8 Å². The third kappa shape index (κ3) is 5.66. The second-order valence-corrected chi connectivity index (χ2v) is 6.99. The number of aliphatic hydroxyl groups excluding tert-OH is 1. The van der Waals surface area contributed by atoms with E-state index in [2.05, 4.69) is 11.5 Å². The summed E-state index contributed by atoms with van der Waals surface area (Å²) in [6.45, 7) is 6.10. The summed E-state index contributed by atoms with van der Waals surface area (Å²) in [5.74, 6) is 2.85. The normalized spacial score (nSPS) is 13.3. The highest BCUT2D eigenvalue weighted by Gasteiger charge is 2.19. The number of hydrogen-bond donors (Lipinski definition) is 1. The van der Waals surface area contributed by atoms with E-state index in [0.29, 0.717) is 37.7 Å². The molecule has 2 aromatic rings. The molecule has 7 nitrogen and oxygen atoms in total. The number of benzene rings is 2. The van der Waals surface area contributed by atoms with Crippen LogP contribution in [0.1, 0.15) is 11.1 Å². The first kappa shape index (κ1) is 22.0. The minimum Gasteiger partial charge on any atom is -0.493 e. The van der Waals surface area contributed by atoms with E-state index >= 15 is 0 Å². The molecule has 2 aromatic carbocycles. The maximum atomic E-state index is 10.5. The highest BCUT2D eigenvalue weighted by molar-refractivity contribution is 5.47. The van der Waals surface area contributed by atoms with Crippen molar-refractivity contribution in [2.75, 3.05) is 40.8 Å². The van der Waals surface area contributed by atoms with E-state index in [4.69, 9.17) is 23.7 Å². The van der Waals surface area contributed by atoms with E-state index in [1.807, 2.05) is 36.4 Å². The molecule has 30 heavy (non-hydrogen) atoms. The van der Waals surface area contributed by atoms with Gasteiger partial charge in [0.15, 0.2) is 23.0 Å². The van der Waals surface area contributed by atoms with Crippen LogP contribution in [-0.4, -0.2) is 56.9 Å². The minimum atomic E-state index is -0.643. The lowest BCUT2D eigenvalue weighted by Gasteiger charge is -2.26. The average molecular weight is 415 g/mol. The van der Waals surface area contributed by atoms with Crippen LogP contribution in [0.3, 0.4) is 0 Å². The highest BCUT2D eigenvalue weighted by atomic mass is 16.7. The van der Waals surface area contributed by atoms with Gasteiger partial charge in [-0.15, -0.1) is 6.58 Å². The Morgan fingerprint density at radius 1 is 1.13 bits per heavy atom. The summed E-state index contributed by atoms with van der Waals surface area (Å²) >= 11 is 0. The van der Waals surface area contributed by atoms with Gasteiger partial charge >= 0.3 is 0 Å². The third-order valence-electron chi connectivity index (χ3n) is 4.74. The number of nitrogens with zero attached hydrogens (tertiary/aromatic N) is 1. The quantitative estimate of drug-likeness (QED) is 0.422. The Labute approximate surface area is 177 Å². The highest BCUT2D eigenvalue weighted by Crippen LogP contribution is 2.34. The number of hydrogen-bond acceptors (Lipinski definition) is 7. The molecular weight excluding hydrogens is 386 g/mol. The van der Waals surface area contributed by atoms with Gasteiger partial charge in [-0.25, -0.2) is 0 Å². The van der Waals surface area contributed by atoms with Crippen molar-refractivity contribution in [2.45, 2.75) is 19.2 Å². The van der Waals surface area contributed by atoms with E-state index in [1.165, 1.54) is 0 Å². The maximum absolute atomic E-state index is 10.5. The number of methoxy groups -OCH3 is 2. The molecule has 0 amide bonds. The lowest BCUT2D eigenvalue weighted by molar-refractivity contribution is 0.0227. The van der Waals surface area contributed by atoms with Gasteiger partial charge in [-0.3, -0.25) is 4.90 Å². The molecule has 7 heteroatoms. The Balaban J connectivity index is 1.77. The van der Waals surface area contributed by atoms with Crippen LogP contribution in [-0.2, 0) is 17.8 Å². The van der Waals surface area contributed by atoms with E-state index in [0.717, 1.165) is 22.6 Å². The van der Waals surface area contributed by atoms with Crippen molar-refractivity contribution in [2.24, 2.45) is 0 Å². The fourth-order valence-corrected chi connectivity index (χ4v) is 3.44. The predicted molar refractivity (Wildman–Crippen MR) is 113 cm³/mol. The SMILES string of the molecule is C=CCOCC(O)CN(Cc1ccc2c(c1)OCO2)Cc1cccc(OC)c1OC. The van der Waals surface area contributed by atoms with Crippen LogP contribution < -0.4 is 18.9 Å². The summed E-state index contributed by atoms with van der Waals surface area (Å²) in [4.78, 5) is 2.14. The monoisotopic (exact) mass is 415 g/mol. The molecule has 1 N–H and O–H groups in total. The van der Waals surface area contributed by atoms with Gasteiger partial charge in [-0.1, -0.05) is 24.3 Å². The van der Waals surface area contributed by atoms with Crippen LogP contribution >= 0.6 is 0 Å². The molecule has 0 fully saturated rings. The number of rotatable bonds is 12. The third-order valence-corrected chi connectivity index (χ3v) is 4.74. The van der Waals surface area contributed by atoms with Gasteiger partial charge in [0.25, 0.3) is 0 Å². The Kier molecular flexibility index (Phi) is 7.96. The molecular formula is C23H29NO6. The van der Waals surface area contributed by atoms with Crippen molar-refractivity contribution >= 4 is 0 Å². The molecule has 0 radical (unpaired) electrons. The van der Waals surface area contributed by atoms with Crippen LogP contribution in [0.15, 0.2) is 49.1 Å². The minimum absolute atomic E-state index is 0.235. The van der Waals surface area contributed by atoms with Gasteiger partial charge in [0.05, 0.1) is 33.5 Å². The summed E-state index contributed by atoms with van der Waals surface area (Å²) < 4.78 is 27.3. The van der Waals surface area contributed by atoms with Gasteiger partial charge in [-0.05, 0) is 23.8 Å². The van der Waals surface area contributed by atoms with Crippen molar-refractivity contribution in [3.05, 3.63) is 60.2 Å². The first-order chi connectivity index (χ1) is 14.6. The molecule has 1 atom stereocenters. The molecule has 0 bridgehead atoms. The largest absolute Gasteiger partial charge is 0.493 e. The van der Waals surface area contributed by atoms with Gasteiger partial charge in [0.1, 0.15) is 0 Å². The second kappa shape index (κ2) is 10.9. The van der Waals surface area contributed by atoms with Gasteiger partial charge in [0, 0.05) is 25.2 Å². The maximum Gasteiger partial charge on any atom is 0.231 e. The number of para-hydroxylation sites is 1. The van der Waals surface area contributed by atoms with E-state index in [9.17, 15) is 5.11 Å². The molecule has 1 unspecified atom stereocenters. The fourth-order valence-electron chi connectivity index (χ4n) is 3.44. The Hall–Kier alpha value is -2.74. The molecule has 1 aliphatic rings. The van der Waals surface area contributed by atoms with Crippen molar-refractivity contribution in [3.63, 3.8) is 0 Å². The van der Waals surface area contributed by atoms with Crippen LogP contribution in [0.5, 0.6) is 23.0 Å². The van der Waals surface area contributed by atoms with Gasteiger partial charge in [-0.2, -0.15) is 0 Å². The number of aliphatic hydroxyl groups is 1. The van der Waals surface area contributed by atoms with E-state index in [1.54, 1.807) is 20.3 Å². The van der Waals surface area contributed by atoms with Crippen LogP contribution in [0.4, 0.5) is 0 Å². The zero-order valence-electron chi connectivity index (χ0n) is 17.5. The molecule has 0 saturated heterocycles. The first-order valence-electron chi connectivity index (χ1n) is 9.82. The zero-order chi connectivity index (χ0) is 21.3. The van der Waals surface area contributed by atoms with Gasteiger partial charge < -0.3 is 28.8 Å². The standard InChI is InChI=1S/C23H29NO6/c1-4-10-28-15-19(25)14-24(12-17-8-9-20-22(11-17)30-16-29-20)13-18-6-5-7-21(26-2)23(18)27-3/h4-9,11,19,25H,1,10,12-16H2,2-3H3. The molecule has 0 saturated carbocycles. The molecule has 162 valence electrons. The Morgan fingerprint density at radius 2 is 1.97 bits per heavy atom. The van der Waals surface area contributed by atoms with Crippen molar-refractivity contribution in [3.8, 4) is 23.0 Å². The molecule has 1 aliphatic heterocycles. The summed E-state index contributed by atoms with van der Waals surface area (Å²) in [5, 5.41) is 10.5. The van der Waals surface area contributed by atoms with Crippen molar-refractivity contribution in [1.82, 2.24) is 4.90 Å². The smallest absolute Gasteiger partial charge is 0.231 e. The Morgan fingerprint density at radius 3 is 2.73 bits per heavy atom. The summed E-state index contributed by atoms with van der Waals surface area (Å²) in [6, 6.07) is 11.7. The zero-order valence-corrected chi connectivity index (χ0v) is 17.5. The van der Waals surface area contributed by atoms with E-state index in [-0.39, 0.29) is 13.4 Å². The number of ether oxygens (including phenoxy) is 5. The summed E-state index contributed by atoms with van der Waals surface area (Å²) in [6.07, 6.45) is 1.02. The van der Waals surface area contributed by atoms with Gasteiger partial charge in [0.2, 0.25) is 6.79 Å². The van der Waals surface area contributed by atoms with Crippen LogP contribution in [0.2, 0.25) is 0 Å². The lowest BCUT2D eigenvalue weighted by Crippen LogP contribution is -2.34. The lowest BCUT2D eigenvalue weighted by atomic mass is 10.1. The van der Waals surface area contributed by atoms with Crippen LogP contribution in [0.25, 0.3) is 0 Å². The average Bonchev–Trinajstić information content (AvgIpc) is 3.21. The molecule has 0 aliphatic carbocycles. The number of fused-ring (bicyclic) bond motifs is 1. The topological polar surface area (TPSA) is 69.6 Å². The molecule has 3 rings (SSSR count). The molecule has 0 spiro atoms. The molecule has 0 aromatic heterocycles. The Bertz CT molecular complexity index is 840.